The standard InChI is InChI=1S/C16H34N4O2.HI/c1-5-7-10-17-16(19-14-15(21)20(3)4)18-11-9-13-22-12-8-6-2;/h5-14H2,1-4H3,(H2,17,18,19);1H. The summed E-state index contributed by atoms with van der Waals surface area (Å²) < 4.78 is 5.52. The van der Waals surface area contributed by atoms with Gasteiger partial charge in [0.05, 0.1) is 0 Å². The minimum absolute atomic E-state index is 0. The molecule has 0 aliphatic heterocycles. The molecule has 2 N–H and O–H groups in total. The van der Waals surface area contributed by atoms with Crippen LogP contribution in [0.15, 0.2) is 4.99 Å². The van der Waals surface area contributed by atoms with Crippen LogP contribution in [0.4, 0.5) is 0 Å². The average Bonchev–Trinajstić information content (AvgIpc) is 2.50. The predicted molar refractivity (Wildman–Crippen MR) is 108 cm³/mol. The van der Waals surface area contributed by atoms with Gasteiger partial charge in [-0.05, 0) is 19.3 Å². The van der Waals surface area contributed by atoms with Crippen molar-refractivity contribution >= 4 is 35.8 Å². The van der Waals surface area contributed by atoms with Crippen molar-refractivity contribution in [2.75, 3.05) is 46.9 Å². The first-order valence-electron chi connectivity index (χ1n) is 8.41. The van der Waals surface area contributed by atoms with Crippen molar-refractivity contribution in [2.45, 2.75) is 46.0 Å². The van der Waals surface area contributed by atoms with E-state index >= 15 is 0 Å². The summed E-state index contributed by atoms with van der Waals surface area (Å²) in [5, 5.41) is 6.51. The van der Waals surface area contributed by atoms with Crippen LogP contribution >= 0.6 is 24.0 Å². The third-order valence-electron chi connectivity index (χ3n) is 3.09. The Balaban J connectivity index is 0. The SMILES string of the molecule is CCCCNC(=NCC(=O)N(C)C)NCCCOCCCC.I. The van der Waals surface area contributed by atoms with E-state index in [1.807, 2.05) is 0 Å². The summed E-state index contributed by atoms with van der Waals surface area (Å²) in [5.74, 6) is 0.705. The number of likely N-dealkylation sites (N-methyl/N-ethyl adjacent to an activating group) is 1. The minimum Gasteiger partial charge on any atom is -0.381 e. The molecule has 0 bridgehead atoms. The molecule has 0 heterocycles. The van der Waals surface area contributed by atoms with Crippen LogP contribution in [0, 0.1) is 0 Å². The van der Waals surface area contributed by atoms with Crippen molar-refractivity contribution in [1.82, 2.24) is 15.5 Å². The maximum absolute atomic E-state index is 11.6. The van der Waals surface area contributed by atoms with E-state index in [9.17, 15) is 4.79 Å². The first-order valence-corrected chi connectivity index (χ1v) is 8.41. The lowest BCUT2D eigenvalue weighted by molar-refractivity contribution is -0.127. The molecule has 0 fully saturated rings. The molecule has 0 aromatic heterocycles. The molecule has 1 amide bonds. The van der Waals surface area contributed by atoms with Gasteiger partial charge in [0.2, 0.25) is 5.91 Å². The summed E-state index contributed by atoms with van der Waals surface area (Å²) in [7, 11) is 3.48. The number of guanidine groups is 1. The van der Waals surface area contributed by atoms with Crippen molar-refractivity contribution in [1.29, 1.82) is 0 Å². The Bertz CT molecular complexity index is 312. The lowest BCUT2D eigenvalue weighted by Gasteiger charge is -2.13. The minimum atomic E-state index is -0.000472. The lowest BCUT2D eigenvalue weighted by atomic mass is 10.3. The van der Waals surface area contributed by atoms with Gasteiger partial charge >= 0.3 is 0 Å². The zero-order valence-electron chi connectivity index (χ0n) is 15.2. The number of nitrogens with one attached hydrogen (secondary N) is 2. The Hall–Kier alpha value is -0.570. The highest BCUT2D eigenvalue weighted by molar-refractivity contribution is 14.0. The highest BCUT2D eigenvalue weighted by Crippen LogP contribution is 1.90. The summed E-state index contributed by atoms with van der Waals surface area (Å²) in [6.07, 6.45) is 5.42. The van der Waals surface area contributed by atoms with Gasteiger partial charge in [-0.15, -0.1) is 24.0 Å². The molecule has 0 aliphatic rings. The summed E-state index contributed by atoms with van der Waals surface area (Å²) in [4.78, 5) is 17.5. The monoisotopic (exact) mass is 442 g/mol. The second kappa shape index (κ2) is 17.8. The number of amides is 1. The van der Waals surface area contributed by atoms with Gasteiger partial charge in [0.1, 0.15) is 6.54 Å². The Morgan fingerprint density at radius 3 is 2.13 bits per heavy atom. The van der Waals surface area contributed by atoms with Crippen molar-refractivity contribution in [2.24, 2.45) is 4.99 Å². The van der Waals surface area contributed by atoms with E-state index in [-0.39, 0.29) is 36.4 Å². The van der Waals surface area contributed by atoms with Gasteiger partial charge in [-0.2, -0.15) is 0 Å². The first-order chi connectivity index (χ1) is 10.6. The molecule has 0 rings (SSSR count). The number of rotatable bonds is 12. The molecule has 23 heavy (non-hydrogen) atoms. The highest BCUT2D eigenvalue weighted by Gasteiger charge is 2.04. The Morgan fingerprint density at radius 2 is 1.57 bits per heavy atom. The van der Waals surface area contributed by atoms with Gasteiger partial charge in [-0.25, -0.2) is 4.99 Å². The van der Waals surface area contributed by atoms with Gasteiger partial charge in [0.15, 0.2) is 5.96 Å². The molecule has 0 unspecified atom stereocenters. The molecule has 6 nitrogen and oxygen atoms in total. The fourth-order valence-corrected chi connectivity index (χ4v) is 1.58. The first kappa shape index (κ1) is 24.7. The lowest BCUT2D eigenvalue weighted by Crippen LogP contribution is -2.39. The molecule has 0 saturated carbocycles. The number of unbranched alkanes of at least 4 members (excludes halogenated alkanes) is 2. The zero-order chi connectivity index (χ0) is 16.6. The largest absolute Gasteiger partial charge is 0.381 e. The van der Waals surface area contributed by atoms with Crippen LogP contribution in [0.25, 0.3) is 0 Å². The molecule has 0 radical (unpaired) electrons. The number of carbonyl (C=O) groups is 1. The van der Waals surface area contributed by atoms with Crippen molar-refractivity contribution < 1.29 is 9.53 Å². The number of carbonyl (C=O) groups excluding carboxylic acids is 1. The average molecular weight is 442 g/mol. The number of halogens is 1. The molecule has 0 atom stereocenters. The third kappa shape index (κ3) is 16.1. The highest BCUT2D eigenvalue weighted by atomic mass is 127. The summed E-state index contributed by atoms with van der Waals surface area (Å²) >= 11 is 0. The van der Waals surface area contributed by atoms with Gasteiger partial charge in [0.25, 0.3) is 0 Å². The summed E-state index contributed by atoms with van der Waals surface area (Å²) in [6.45, 7) is 7.72. The molecule has 0 spiro atoms. The van der Waals surface area contributed by atoms with Crippen molar-refractivity contribution in [3.8, 4) is 0 Å². The summed E-state index contributed by atoms with van der Waals surface area (Å²) in [6, 6.07) is 0. The van der Waals surface area contributed by atoms with E-state index < -0.39 is 0 Å². The molecule has 0 aromatic rings. The number of hydrogen-bond acceptors (Lipinski definition) is 3. The molecule has 7 heteroatoms. The van der Waals surface area contributed by atoms with E-state index in [4.69, 9.17) is 4.74 Å². The van der Waals surface area contributed by atoms with E-state index in [2.05, 4.69) is 29.5 Å². The normalized spacial score (nSPS) is 10.9. The van der Waals surface area contributed by atoms with Crippen molar-refractivity contribution in [3.63, 3.8) is 0 Å². The van der Waals surface area contributed by atoms with Gasteiger partial charge in [-0.1, -0.05) is 26.7 Å². The van der Waals surface area contributed by atoms with Crippen LogP contribution in [-0.2, 0) is 9.53 Å². The molecular formula is C16H35IN4O2. The van der Waals surface area contributed by atoms with Crippen LogP contribution in [0.5, 0.6) is 0 Å². The number of hydrogen-bond donors (Lipinski definition) is 2. The van der Waals surface area contributed by atoms with Gasteiger partial charge in [0, 0.05) is 40.4 Å². The van der Waals surface area contributed by atoms with E-state index in [0.29, 0.717) is 5.96 Å². The zero-order valence-corrected chi connectivity index (χ0v) is 17.5. The molecule has 138 valence electrons. The van der Waals surface area contributed by atoms with E-state index in [1.165, 1.54) is 0 Å². The van der Waals surface area contributed by atoms with Gasteiger partial charge < -0.3 is 20.3 Å². The Labute approximate surface area is 158 Å². The van der Waals surface area contributed by atoms with Crippen LogP contribution in [0.2, 0.25) is 0 Å². The maximum atomic E-state index is 11.6. The molecule has 0 aromatic carbocycles. The fraction of sp³-hybridized carbons (Fsp3) is 0.875. The Morgan fingerprint density at radius 1 is 1.00 bits per heavy atom. The number of ether oxygens (including phenoxy) is 1. The van der Waals surface area contributed by atoms with Crippen molar-refractivity contribution in [3.05, 3.63) is 0 Å². The smallest absolute Gasteiger partial charge is 0.243 e. The topological polar surface area (TPSA) is 66.0 Å². The van der Waals surface area contributed by atoms with E-state index in [0.717, 1.165) is 58.4 Å². The number of nitrogens with zero attached hydrogens (tertiary/aromatic N) is 2. The predicted octanol–water partition coefficient (Wildman–Crippen LogP) is 2.23. The molecule has 0 saturated heterocycles. The summed E-state index contributed by atoms with van der Waals surface area (Å²) in [5.41, 5.74) is 0. The van der Waals surface area contributed by atoms with Crippen LogP contribution in [0.3, 0.4) is 0 Å². The second-order valence-electron chi connectivity index (χ2n) is 5.48. The molecule has 0 aliphatic carbocycles. The van der Waals surface area contributed by atoms with E-state index in [1.54, 1.807) is 19.0 Å². The molecular weight excluding hydrogens is 407 g/mol. The Kier molecular flexibility index (Phi) is 19.1. The second-order valence-corrected chi connectivity index (χ2v) is 5.48. The maximum Gasteiger partial charge on any atom is 0.243 e. The van der Waals surface area contributed by atoms with Crippen LogP contribution in [0.1, 0.15) is 46.0 Å². The van der Waals surface area contributed by atoms with Gasteiger partial charge in [-0.3, -0.25) is 4.79 Å². The van der Waals surface area contributed by atoms with Crippen LogP contribution in [-0.4, -0.2) is 63.7 Å². The third-order valence-corrected chi connectivity index (χ3v) is 3.09. The number of aliphatic imine (C=N–C) groups is 1. The van der Waals surface area contributed by atoms with Crippen LogP contribution < -0.4 is 10.6 Å². The fourth-order valence-electron chi connectivity index (χ4n) is 1.58. The quantitative estimate of drug-likeness (QED) is 0.211.